The fourth-order valence-corrected chi connectivity index (χ4v) is 4.34. The molecule has 7 nitrogen and oxygen atoms in total. The van der Waals surface area contributed by atoms with Crippen LogP contribution in [0.5, 0.6) is 0 Å². The van der Waals surface area contributed by atoms with Crippen molar-refractivity contribution in [1.29, 1.82) is 0 Å². The molecule has 1 aromatic rings. The van der Waals surface area contributed by atoms with Gasteiger partial charge in [-0.2, -0.15) is 0 Å². The quantitative estimate of drug-likeness (QED) is 0.693. The molecule has 1 saturated heterocycles. The van der Waals surface area contributed by atoms with E-state index < -0.39 is 11.3 Å². The van der Waals surface area contributed by atoms with Crippen molar-refractivity contribution in [3.05, 3.63) is 33.7 Å². The molecule has 1 aliphatic carbocycles. The molecule has 31 heavy (non-hydrogen) atoms. The van der Waals surface area contributed by atoms with E-state index in [2.05, 4.69) is 10.6 Å². The molecule has 2 fully saturated rings. The van der Waals surface area contributed by atoms with E-state index in [1.807, 2.05) is 13.8 Å². The fourth-order valence-electron chi connectivity index (χ4n) is 4.34. The van der Waals surface area contributed by atoms with Crippen molar-refractivity contribution < 1.29 is 14.3 Å². The van der Waals surface area contributed by atoms with Crippen molar-refractivity contribution in [3.8, 4) is 0 Å². The van der Waals surface area contributed by atoms with Crippen LogP contribution in [0.3, 0.4) is 0 Å². The highest BCUT2D eigenvalue weighted by atomic mass is 16.5. The molecule has 2 heterocycles. The number of amides is 2. The van der Waals surface area contributed by atoms with Gasteiger partial charge >= 0.3 is 0 Å². The van der Waals surface area contributed by atoms with Crippen molar-refractivity contribution in [2.75, 3.05) is 13.2 Å². The van der Waals surface area contributed by atoms with Gasteiger partial charge in [-0.25, -0.2) is 0 Å². The van der Waals surface area contributed by atoms with Crippen LogP contribution in [0.1, 0.15) is 92.4 Å². The topological polar surface area (TPSA) is 89.4 Å². The largest absolute Gasteiger partial charge is 0.376 e. The predicted octanol–water partition coefficient (Wildman–Crippen LogP) is 3.26. The second-order valence-corrected chi connectivity index (χ2v) is 9.37. The van der Waals surface area contributed by atoms with Gasteiger partial charge in [-0.05, 0) is 31.6 Å². The summed E-state index contributed by atoms with van der Waals surface area (Å²) < 4.78 is 7.49. The van der Waals surface area contributed by atoms with Gasteiger partial charge < -0.3 is 19.9 Å². The average Bonchev–Trinajstić information content (AvgIpc) is 3.22. The molecule has 1 atom stereocenters. The predicted molar refractivity (Wildman–Crippen MR) is 120 cm³/mol. The van der Waals surface area contributed by atoms with Crippen LogP contribution in [0.15, 0.2) is 17.2 Å². The summed E-state index contributed by atoms with van der Waals surface area (Å²) in [6.07, 6.45) is 12.8. The Bertz CT molecular complexity index is 804. The highest BCUT2D eigenvalue weighted by Crippen LogP contribution is 2.18. The molecule has 0 bridgehead atoms. The number of carbonyl (C=O) groups excluding carboxylic acids is 2. The molecule has 0 unspecified atom stereocenters. The third-order valence-electron chi connectivity index (χ3n) is 6.12. The van der Waals surface area contributed by atoms with Crippen LogP contribution < -0.4 is 16.1 Å². The van der Waals surface area contributed by atoms with Crippen LogP contribution >= 0.6 is 0 Å². The summed E-state index contributed by atoms with van der Waals surface area (Å²) in [6.45, 7) is 5.71. The van der Waals surface area contributed by atoms with Gasteiger partial charge in [0, 0.05) is 38.1 Å². The second kappa shape index (κ2) is 11.5. The number of pyridine rings is 1. The minimum absolute atomic E-state index is 0.0176. The van der Waals surface area contributed by atoms with Gasteiger partial charge in [0.05, 0.1) is 6.10 Å². The van der Waals surface area contributed by atoms with Crippen molar-refractivity contribution in [2.45, 2.75) is 90.3 Å². The molecule has 0 aromatic carbocycles. The lowest BCUT2D eigenvalue weighted by molar-refractivity contribution is 0.0914. The van der Waals surface area contributed by atoms with Crippen LogP contribution in [-0.4, -0.2) is 41.7 Å². The van der Waals surface area contributed by atoms with Crippen LogP contribution in [0.2, 0.25) is 0 Å². The highest BCUT2D eigenvalue weighted by Gasteiger charge is 2.23. The molecule has 3 rings (SSSR count). The van der Waals surface area contributed by atoms with Crippen LogP contribution in [0, 0.1) is 5.92 Å². The Hall–Kier alpha value is -2.15. The fraction of sp³-hybridized carbons (Fsp3) is 0.708. The molecule has 2 N–H and O–H groups in total. The lowest BCUT2D eigenvalue weighted by Crippen LogP contribution is -2.40. The standard InChI is InChI=1S/C24H37N3O4/c1-17(2)13-25-23(29)20-15-27(14-19-11-8-12-31-19)16-21(22(20)28)24(30)26-18-9-6-4-3-5-7-10-18/h15-19H,3-14H2,1-2H3,(H,25,29)(H,26,30)/t19-/m1/s1. The Morgan fingerprint density at radius 2 is 1.65 bits per heavy atom. The van der Waals surface area contributed by atoms with E-state index in [1.165, 1.54) is 19.3 Å². The Morgan fingerprint density at radius 1 is 1.00 bits per heavy atom. The highest BCUT2D eigenvalue weighted by molar-refractivity contribution is 5.99. The van der Waals surface area contributed by atoms with E-state index in [0.29, 0.717) is 13.1 Å². The number of rotatable bonds is 7. The van der Waals surface area contributed by atoms with Crippen molar-refractivity contribution in [1.82, 2.24) is 15.2 Å². The van der Waals surface area contributed by atoms with Crippen molar-refractivity contribution in [2.24, 2.45) is 5.92 Å². The third-order valence-corrected chi connectivity index (χ3v) is 6.12. The summed E-state index contributed by atoms with van der Waals surface area (Å²) in [5, 5.41) is 5.87. The number of nitrogens with one attached hydrogen (secondary N) is 2. The molecule has 1 aliphatic heterocycles. The molecule has 7 heteroatoms. The van der Waals surface area contributed by atoms with Crippen LogP contribution in [-0.2, 0) is 11.3 Å². The number of ether oxygens (including phenoxy) is 1. The van der Waals surface area contributed by atoms with Crippen molar-refractivity contribution in [3.63, 3.8) is 0 Å². The number of aromatic nitrogens is 1. The maximum atomic E-state index is 13.1. The maximum absolute atomic E-state index is 13.1. The third kappa shape index (κ3) is 6.92. The Balaban J connectivity index is 1.83. The van der Waals surface area contributed by atoms with Gasteiger partial charge in [0.15, 0.2) is 0 Å². The van der Waals surface area contributed by atoms with E-state index in [4.69, 9.17) is 4.74 Å². The normalized spacial score (nSPS) is 20.3. The number of hydrogen-bond donors (Lipinski definition) is 2. The lowest BCUT2D eigenvalue weighted by atomic mass is 9.96. The monoisotopic (exact) mass is 431 g/mol. The van der Waals surface area contributed by atoms with Gasteiger partial charge in [-0.15, -0.1) is 0 Å². The van der Waals surface area contributed by atoms with Gasteiger partial charge in [-0.1, -0.05) is 46.0 Å². The van der Waals surface area contributed by atoms with Crippen LogP contribution in [0.4, 0.5) is 0 Å². The zero-order chi connectivity index (χ0) is 22.2. The van der Waals surface area contributed by atoms with Gasteiger partial charge in [0.1, 0.15) is 11.1 Å². The number of carbonyl (C=O) groups is 2. The summed E-state index contributed by atoms with van der Waals surface area (Å²) >= 11 is 0. The molecule has 1 saturated carbocycles. The smallest absolute Gasteiger partial charge is 0.256 e. The summed E-state index contributed by atoms with van der Waals surface area (Å²) in [5.41, 5.74) is -0.450. The summed E-state index contributed by atoms with van der Waals surface area (Å²) in [6, 6.07) is 0.0808. The molecular formula is C24H37N3O4. The minimum Gasteiger partial charge on any atom is -0.376 e. The first-order valence-electron chi connectivity index (χ1n) is 11.9. The molecular weight excluding hydrogens is 394 g/mol. The molecule has 0 spiro atoms. The Morgan fingerprint density at radius 3 is 2.26 bits per heavy atom. The van der Waals surface area contributed by atoms with Crippen molar-refractivity contribution >= 4 is 11.8 Å². The molecule has 2 amide bonds. The average molecular weight is 432 g/mol. The number of hydrogen-bond acceptors (Lipinski definition) is 4. The first-order valence-corrected chi connectivity index (χ1v) is 11.9. The Kier molecular flexibility index (Phi) is 8.69. The molecule has 2 aliphatic rings. The van der Waals surface area contributed by atoms with E-state index >= 15 is 0 Å². The van der Waals surface area contributed by atoms with E-state index in [1.54, 1.807) is 17.0 Å². The summed E-state index contributed by atoms with van der Waals surface area (Å²) in [4.78, 5) is 38.9. The van der Waals surface area contributed by atoms with Gasteiger partial charge in [0.25, 0.3) is 11.8 Å². The number of nitrogens with zero attached hydrogens (tertiary/aromatic N) is 1. The molecule has 0 radical (unpaired) electrons. The van der Waals surface area contributed by atoms with Gasteiger partial charge in [0.2, 0.25) is 5.43 Å². The zero-order valence-corrected chi connectivity index (χ0v) is 19.0. The lowest BCUT2D eigenvalue weighted by Gasteiger charge is -2.21. The Labute approximate surface area is 184 Å². The molecule has 172 valence electrons. The van der Waals surface area contributed by atoms with Gasteiger partial charge in [-0.3, -0.25) is 14.4 Å². The van der Waals surface area contributed by atoms with E-state index in [-0.39, 0.29) is 35.1 Å². The minimum atomic E-state index is -0.506. The first-order chi connectivity index (χ1) is 14.9. The zero-order valence-electron chi connectivity index (χ0n) is 19.0. The van der Waals surface area contributed by atoms with E-state index in [9.17, 15) is 14.4 Å². The first kappa shape index (κ1) is 23.5. The van der Waals surface area contributed by atoms with E-state index in [0.717, 1.165) is 45.1 Å². The van der Waals surface area contributed by atoms with Crippen LogP contribution in [0.25, 0.3) is 0 Å². The molecule has 1 aromatic heterocycles. The SMILES string of the molecule is CC(C)CNC(=O)c1cn(C[C@H]2CCCO2)cc(C(=O)NC2CCCCCCC2)c1=O. The second-order valence-electron chi connectivity index (χ2n) is 9.37. The maximum Gasteiger partial charge on any atom is 0.256 e. The summed E-state index contributed by atoms with van der Waals surface area (Å²) in [5.74, 6) is -0.542. The summed E-state index contributed by atoms with van der Waals surface area (Å²) in [7, 11) is 0.